The van der Waals surface area contributed by atoms with E-state index in [0.29, 0.717) is 17.9 Å². The Kier molecular flexibility index (Phi) is 5.72. The highest BCUT2D eigenvalue weighted by molar-refractivity contribution is 5.94. The lowest BCUT2D eigenvalue weighted by Crippen LogP contribution is -2.28. The summed E-state index contributed by atoms with van der Waals surface area (Å²) in [5.41, 5.74) is 2.60. The molecule has 0 radical (unpaired) electrons. The van der Waals surface area contributed by atoms with Crippen molar-refractivity contribution in [2.24, 2.45) is 7.05 Å². The highest BCUT2D eigenvalue weighted by Crippen LogP contribution is 2.11. The van der Waals surface area contributed by atoms with Crippen molar-refractivity contribution in [3.8, 4) is 0 Å². The van der Waals surface area contributed by atoms with Gasteiger partial charge in [-0.3, -0.25) is 9.48 Å². The van der Waals surface area contributed by atoms with Crippen LogP contribution in [0.5, 0.6) is 0 Å². The first-order valence-corrected chi connectivity index (χ1v) is 7.42. The summed E-state index contributed by atoms with van der Waals surface area (Å²) in [6.45, 7) is 1.06. The minimum absolute atomic E-state index is 0.00629. The summed E-state index contributed by atoms with van der Waals surface area (Å²) in [7, 11) is 5.24. The number of carbonyl (C=O) groups excluding carboxylic acids is 1. The summed E-state index contributed by atoms with van der Waals surface area (Å²) >= 11 is 0. The Hall–Kier alpha value is -2.14. The molecule has 1 amide bonds. The van der Waals surface area contributed by atoms with Crippen LogP contribution in [0.2, 0.25) is 0 Å². The van der Waals surface area contributed by atoms with Gasteiger partial charge in [-0.25, -0.2) is 0 Å². The molecule has 0 aliphatic heterocycles. The second-order valence-corrected chi connectivity index (χ2v) is 5.41. The predicted octanol–water partition coefficient (Wildman–Crippen LogP) is 2.27. The van der Waals surface area contributed by atoms with Gasteiger partial charge in [0.25, 0.3) is 5.91 Å². The zero-order valence-electron chi connectivity index (χ0n) is 13.5. The largest absolute Gasteiger partial charge is 0.378 e. The molecule has 118 valence electrons. The molecule has 0 N–H and O–H groups in total. The van der Waals surface area contributed by atoms with Gasteiger partial charge in [0, 0.05) is 33.9 Å². The van der Waals surface area contributed by atoms with Crippen LogP contribution >= 0.6 is 0 Å². The lowest BCUT2D eigenvalue weighted by atomic mass is 10.1. The molecule has 2 rings (SSSR count). The normalized spacial score (nSPS) is 10.7. The molecule has 0 spiro atoms. The molecule has 0 bridgehead atoms. The molecule has 1 heterocycles. The Morgan fingerprint density at radius 3 is 2.73 bits per heavy atom. The first-order valence-electron chi connectivity index (χ1n) is 7.42. The Labute approximate surface area is 131 Å². The van der Waals surface area contributed by atoms with E-state index in [1.165, 1.54) is 5.56 Å². The molecule has 0 aliphatic rings. The Morgan fingerprint density at radius 2 is 2.05 bits per heavy atom. The van der Waals surface area contributed by atoms with Gasteiger partial charge in [0.05, 0.1) is 12.2 Å². The van der Waals surface area contributed by atoms with Crippen LogP contribution in [0.3, 0.4) is 0 Å². The summed E-state index contributed by atoms with van der Waals surface area (Å²) in [6, 6.07) is 10.3. The van der Waals surface area contributed by atoms with Gasteiger partial charge in [-0.05, 0) is 18.4 Å². The first-order chi connectivity index (χ1) is 10.6. The predicted molar refractivity (Wildman–Crippen MR) is 85.6 cm³/mol. The maximum atomic E-state index is 12.5. The summed E-state index contributed by atoms with van der Waals surface area (Å²) in [4.78, 5) is 14.3. The molecule has 1 aromatic carbocycles. The number of nitrogens with zero attached hydrogens (tertiary/aromatic N) is 3. The van der Waals surface area contributed by atoms with Crippen LogP contribution in [0.4, 0.5) is 0 Å². The highest BCUT2D eigenvalue weighted by atomic mass is 16.5. The quantitative estimate of drug-likeness (QED) is 0.788. The standard InChI is InChI=1S/C17H23N3O2/c1-19(11-7-10-14-8-5-4-6-9-14)17(21)15-12-20(2)18-16(15)13-22-3/h4-6,8-9,12H,7,10-11,13H2,1-3H3. The Balaban J connectivity index is 1.92. The average molecular weight is 301 g/mol. The van der Waals surface area contributed by atoms with Gasteiger partial charge in [-0.15, -0.1) is 0 Å². The smallest absolute Gasteiger partial charge is 0.257 e. The topological polar surface area (TPSA) is 47.4 Å². The number of methoxy groups -OCH3 is 1. The van der Waals surface area contributed by atoms with Gasteiger partial charge in [-0.1, -0.05) is 30.3 Å². The molecule has 2 aromatic rings. The number of aromatic nitrogens is 2. The first kappa shape index (κ1) is 16.2. The third kappa shape index (κ3) is 4.18. The third-order valence-corrected chi connectivity index (χ3v) is 3.57. The van der Waals surface area contributed by atoms with Crippen LogP contribution in [-0.2, 0) is 24.8 Å². The highest BCUT2D eigenvalue weighted by Gasteiger charge is 2.18. The van der Waals surface area contributed by atoms with Crippen molar-refractivity contribution in [2.45, 2.75) is 19.4 Å². The molecule has 0 fully saturated rings. The monoisotopic (exact) mass is 301 g/mol. The molecule has 5 nitrogen and oxygen atoms in total. The lowest BCUT2D eigenvalue weighted by Gasteiger charge is -2.17. The summed E-state index contributed by atoms with van der Waals surface area (Å²) in [6.07, 6.45) is 3.66. The van der Waals surface area contributed by atoms with Gasteiger partial charge in [0.1, 0.15) is 5.69 Å². The fraction of sp³-hybridized carbons (Fsp3) is 0.412. The number of amides is 1. The van der Waals surface area contributed by atoms with Crippen LogP contribution in [-0.4, -0.2) is 41.3 Å². The summed E-state index contributed by atoms with van der Waals surface area (Å²) < 4.78 is 6.76. The Morgan fingerprint density at radius 1 is 1.32 bits per heavy atom. The molecule has 0 atom stereocenters. The second kappa shape index (κ2) is 7.75. The number of ether oxygens (including phenoxy) is 1. The minimum atomic E-state index is -0.00629. The van der Waals surface area contributed by atoms with E-state index in [1.54, 1.807) is 22.9 Å². The van der Waals surface area contributed by atoms with Gasteiger partial charge < -0.3 is 9.64 Å². The number of benzene rings is 1. The minimum Gasteiger partial charge on any atom is -0.378 e. The van der Waals surface area contributed by atoms with Crippen molar-refractivity contribution in [1.82, 2.24) is 14.7 Å². The average Bonchev–Trinajstić information content (AvgIpc) is 2.88. The molecule has 0 saturated heterocycles. The lowest BCUT2D eigenvalue weighted by molar-refractivity contribution is 0.0788. The number of carbonyl (C=O) groups is 1. The number of hydrogen-bond donors (Lipinski definition) is 0. The van der Waals surface area contributed by atoms with Crippen molar-refractivity contribution < 1.29 is 9.53 Å². The molecule has 1 aromatic heterocycles. The SMILES string of the molecule is COCc1nn(C)cc1C(=O)N(C)CCCc1ccccc1. The van der Waals surface area contributed by atoms with Crippen LogP contribution in [0, 0.1) is 0 Å². The molecule has 0 unspecified atom stereocenters. The van der Waals surface area contributed by atoms with Crippen molar-refractivity contribution in [1.29, 1.82) is 0 Å². The number of aryl methyl sites for hydroxylation is 2. The zero-order valence-corrected chi connectivity index (χ0v) is 13.5. The molecule has 0 aliphatic carbocycles. The third-order valence-electron chi connectivity index (χ3n) is 3.57. The van der Waals surface area contributed by atoms with Crippen molar-refractivity contribution in [3.63, 3.8) is 0 Å². The van der Waals surface area contributed by atoms with E-state index in [0.717, 1.165) is 19.4 Å². The fourth-order valence-electron chi connectivity index (χ4n) is 2.43. The Bertz CT molecular complexity index is 608. The van der Waals surface area contributed by atoms with Crippen LogP contribution < -0.4 is 0 Å². The number of hydrogen-bond acceptors (Lipinski definition) is 3. The summed E-state index contributed by atoms with van der Waals surface area (Å²) in [5.74, 6) is -0.00629. The second-order valence-electron chi connectivity index (χ2n) is 5.41. The van der Waals surface area contributed by atoms with E-state index >= 15 is 0 Å². The van der Waals surface area contributed by atoms with Crippen molar-refractivity contribution in [2.75, 3.05) is 20.7 Å². The maximum absolute atomic E-state index is 12.5. The van der Waals surface area contributed by atoms with E-state index in [9.17, 15) is 4.79 Å². The van der Waals surface area contributed by atoms with Gasteiger partial charge in [0.2, 0.25) is 0 Å². The molecule has 0 saturated carbocycles. The number of rotatable bonds is 7. The van der Waals surface area contributed by atoms with Crippen molar-refractivity contribution in [3.05, 3.63) is 53.3 Å². The van der Waals surface area contributed by atoms with Crippen LogP contribution in [0.15, 0.2) is 36.5 Å². The fourth-order valence-corrected chi connectivity index (χ4v) is 2.43. The molecular weight excluding hydrogens is 278 g/mol. The van der Waals surface area contributed by atoms with E-state index in [-0.39, 0.29) is 5.91 Å². The van der Waals surface area contributed by atoms with E-state index in [4.69, 9.17) is 4.74 Å². The van der Waals surface area contributed by atoms with Crippen LogP contribution in [0.25, 0.3) is 0 Å². The summed E-state index contributed by atoms with van der Waals surface area (Å²) in [5, 5.41) is 4.28. The maximum Gasteiger partial charge on any atom is 0.257 e. The molecule has 5 heteroatoms. The zero-order chi connectivity index (χ0) is 15.9. The van der Waals surface area contributed by atoms with Gasteiger partial charge in [-0.2, -0.15) is 5.10 Å². The van der Waals surface area contributed by atoms with Gasteiger partial charge in [0.15, 0.2) is 0 Å². The van der Waals surface area contributed by atoms with E-state index < -0.39 is 0 Å². The molecular formula is C17H23N3O2. The van der Waals surface area contributed by atoms with Crippen LogP contribution in [0.1, 0.15) is 28.0 Å². The van der Waals surface area contributed by atoms with E-state index in [2.05, 4.69) is 17.2 Å². The van der Waals surface area contributed by atoms with E-state index in [1.807, 2.05) is 32.3 Å². The van der Waals surface area contributed by atoms with Gasteiger partial charge >= 0.3 is 0 Å². The molecule has 22 heavy (non-hydrogen) atoms. The van der Waals surface area contributed by atoms with Crippen molar-refractivity contribution >= 4 is 5.91 Å².